The maximum absolute atomic E-state index is 13.8. The number of alkyl halides is 2. The Morgan fingerprint density at radius 2 is 1.68 bits per heavy atom. The molecule has 0 spiro atoms. The van der Waals surface area contributed by atoms with Crippen molar-refractivity contribution in [3.63, 3.8) is 0 Å². The third-order valence-corrected chi connectivity index (χ3v) is 8.02. The normalized spacial score (nSPS) is 17.5. The van der Waals surface area contributed by atoms with Crippen LogP contribution in [-0.2, 0) is 10.0 Å². The van der Waals surface area contributed by atoms with Gasteiger partial charge in [-0.25, -0.2) is 13.4 Å². The number of sulfonamides is 1. The second-order valence-corrected chi connectivity index (χ2v) is 9.90. The highest BCUT2D eigenvalue weighted by Gasteiger charge is 2.33. The van der Waals surface area contributed by atoms with E-state index < -0.39 is 16.6 Å². The molecule has 0 aliphatic carbocycles. The number of halogens is 2. The topological polar surface area (TPSA) is 58.4 Å². The molecule has 0 N–H and O–H groups in total. The van der Waals surface area contributed by atoms with Gasteiger partial charge in [-0.05, 0) is 44.5 Å². The monoisotopic (exact) mass is 448 g/mol. The maximum atomic E-state index is 13.8. The van der Waals surface area contributed by atoms with Gasteiger partial charge in [-0.1, -0.05) is 29.8 Å². The van der Waals surface area contributed by atoms with Crippen LogP contribution in [0.3, 0.4) is 0 Å². The van der Waals surface area contributed by atoms with Crippen molar-refractivity contribution in [1.82, 2.24) is 18.8 Å². The van der Waals surface area contributed by atoms with Gasteiger partial charge in [0.25, 0.3) is 0 Å². The van der Waals surface area contributed by atoms with Crippen molar-refractivity contribution in [3.8, 4) is 0 Å². The van der Waals surface area contributed by atoms with Crippen LogP contribution in [0.15, 0.2) is 47.4 Å². The summed E-state index contributed by atoms with van der Waals surface area (Å²) in [6.45, 7) is 4.35. The number of fused-ring (bicyclic) bond motifs is 1. The highest BCUT2D eigenvalue weighted by Crippen LogP contribution is 2.30. The van der Waals surface area contributed by atoms with E-state index in [0.29, 0.717) is 47.9 Å². The van der Waals surface area contributed by atoms with Gasteiger partial charge in [0.15, 0.2) is 0 Å². The first-order valence-electron chi connectivity index (χ1n) is 10.3. The molecule has 166 valence electrons. The Balaban J connectivity index is 1.54. The molecule has 0 saturated carbocycles. The summed E-state index contributed by atoms with van der Waals surface area (Å²) < 4.78 is 56.3. The maximum Gasteiger partial charge on any atom is 0.320 e. The second kappa shape index (κ2) is 8.29. The van der Waals surface area contributed by atoms with Crippen molar-refractivity contribution in [2.45, 2.75) is 38.3 Å². The summed E-state index contributed by atoms with van der Waals surface area (Å²) in [5, 5.41) is 0. The average molecular weight is 449 g/mol. The van der Waals surface area contributed by atoms with Crippen molar-refractivity contribution in [3.05, 3.63) is 59.4 Å². The minimum Gasteiger partial charge on any atom is -0.291 e. The smallest absolute Gasteiger partial charge is 0.291 e. The largest absolute Gasteiger partial charge is 0.320 e. The fraction of sp³-hybridized carbons (Fsp3) is 0.409. The van der Waals surface area contributed by atoms with Gasteiger partial charge in [0.05, 0.1) is 22.0 Å². The van der Waals surface area contributed by atoms with Crippen LogP contribution in [0.4, 0.5) is 8.78 Å². The van der Waals surface area contributed by atoms with E-state index in [-0.39, 0.29) is 6.04 Å². The van der Waals surface area contributed by atoms with Crippen molar-refractivity contribution in [2.24, 2.45) is 0 Å². The number of imidazole rings is 1. The highest BCUT2D eigenvalue weighted by atomic mass is 32.2. The van der Waals surface area contributed by atoms with Gasteiger partial charge < -0.3 is 0 Å². The lowest BCUT2D eigenvalue weighted by Crippen LogP contribution is -2.49. The Morgan fingerprint density at radius 1 is 1.00 bits per heavy atom. The molecule has 1 aliphatic heterocycles. The zero-order valence-corrected chi connectivity index (χ0v) is 18.6. The number of piperazine rings is 1. The molecule has 1 aromatic heterocycles. The predicted octanol–water partition coefficient (Wildman–Crippen LogP) is 4.12. The molecule has 31 heavy (non-hydrogen) atoms. The first-order chi connectivity index (χ1) is 14.7. The molecule has 6 nitrogen and oxygen atoms in total. The minimum absolute atomic E-state index is 0.293. The lowest BCUT2D eigenvalue weighted by molar-refractivity contribution is 0.0616. The van der Waals surface area contributed by atoms with Crippen LogP contribution in [0.5, 0.6) is 0 Å². The van der Waals surface area contributed by atoms with E-state index in [0.717, 1.165) is 15.7 Å². The Hall–Kier alpha value is -2.36. The van der Waals surface area contributed by atoms with Gasteiger partial charge in [0.1, 0.15) is 5.82 Å². The predicted molar refractivity (Wildman–Crippen MR) is 116 cm³/mol. The van der Waals surface area contributed by atoms with Crippen LogP contribution in [0.2, 0.25) is 0 Å². The Bertz CT molecular complexity index is 1200. The van der Waals surface area contributed by atoms with Gasteiger partial charge in [-0.15, -0.1) is 0 Å². The van der Waals surface area contributed by atoms with Crippen LogP contribution in [-0.4, -0.2) is 53.4 Å². The molecule has 4 rings (SSSR count). The summed E-state index contributed by atoms with van der Waals surface area (Å²) in [5.74, 6) is 0.293. The summed E-state index contributed by atoms with van der Waals surface area (Å²) in [6, 6.07) is 11.8. The number of aryl methyl sites for hydroxylation is 2. The van der Waals surface area contributed by atoms with Crippen molar-refractivity contribution < 1.29 is 17.2 Å². The molecule has 0 bridgehead atoms. The number of hydrogen-bond acceptors (Lipinski definition) is 4. The van der Waals surface area contributed by atoms with E-state index in [9.17, 15) is 17.2 Å². The molecule has 2 aromatic carbocycles. The van der Waals surface area contributed by atoms with Crippen LogP contribution in [0.25, 0.3) is 11.0 Å². The standard InChI is InChI=1S/C22H26F2N4O2S/c1-15-8-9-20(16(2)14-15)31(29,30)27-12-10-26(11-13-27)17(3)21-25-18-6-4-5-7-19(18)28(21)22(23)24/h4-9,14,17,22H,10-13H2,1-3H3/t17-/m0/s1. The van der Waals surface area contributed by atoms with Gasteiger partial charge in [-0.2, -0.15) is 13.1 Å². The Morgan fingerprint density at radius 3 is 2.32 bits per heavy atom. The molecule has 0 unspecified atom stereocenters. The lowest BCUT2D eigenvalue weighted by Gasteiger charge is -2.37. The van der Waals surface area contributed by atoms with E-state index in [4.69, 9.17) is 0 Å². The van der Waals surface area contributed by atoms with E-state index in [1.54, 1.807) is 43.3 Å². The summed E-state index contributed by atoms with van der Waals surface area (Å²) in [6.07, 6.45) is 0. The number of aromatic nitrogens is 2. The van der Waals surface area contributed by atoms with Crippen molar-refractivity contribution in [1.29, 1.82) is 0 Å². The molecule has 3 aromatic rings. The first kappa shape index (κ1) is 21.9. The van der Waals surface area contributed by atoms with Gasteiger partial charge in [0, 0.05) is 26.2 Å². The summed E-state index contributed by atoms with van der Waals surface area (Å²) in [5.41, 5.74) is 2.66. The van der Waals surface area contributed by atoms with Crippen LogP contribution in [0, 0.1) is 13.8 Å². The molecular formula is C22H26F2N4O2S. The van der Waals surface area contributed by atoms with Crippen LogP contribution < -0.4 is 0 Å². The number of nitrogens with zero attached hydrogens (tertiary/aromatic N) is 4. The Labute approximate surface area is 181 Å². The van der Waals surface area contributed by atoms with Gasteiger partial charge in [0.2, 0.25) is 10.0 Å². The van der Waals surface area contributed by atoms with Gasteiger partial charge in [-0.3, -0.25) is 9.47 Å². The van der Waals surface area contributed by atoms with E-state index in [1.165, 1.54) is 4.31 Å². The molecule has 1 fully saturated rings. The summed E-state index contributed by atoms with van der Waals surface area (Å²) >= 11 is 0. The molecule has 1 atom stereocenters. The molecule has 1 saturated heterocycles. The zero-order valence-electron chi connectivity index (χ0n) is 17.8. The third kappa shape index (κ3) is 3.97. The zero-order chi connectivity index (χ0) is 22.3. The quantitative estimate of drug-likeness (QED) is 0.589. The molecule has 0 radical (unpaired) electrons. The van der Waals surface area contributed by atoms with Crippen LogP contribution >= 0.6 is 0 Å². The van der Waals surface area contributed by atoms with Crippen molar-refractivity contribution >= 4 is 21.1 Å². The number of benzene rings is 2. The minimum atomic E-state index is -3.60. The van der Waals surface area contributed by atoms with Gasteiger partial charge >= 0.3 is 6.55 Å². The van der Waals surface area contributed by atoms with E-state index >= 15 is 0 Å². The average Bonchev–Trinajstić information content (AvgIpc) is 3.13. The molecule has 2 heterocycles. The van der Waals surface area contributed by atoms with E-state index in [1.807, 2.05) is 24.8 Å². The second-order valence-electron chi connectivity index (χ2n) is 7.99. The highest BCUT2D eigenvalue weighted by molar-refractivity contribution is 7.89. The summed E-state index contributed by atoms with van der Waals surface area (Å²) in [7, 11) is -3.60. The SMILES string of the molecule is Cc1ccc(S(=O)(=O)N2CCN([C@@H](C)c3nc4ccccc4n3C(F)F)CC2)c(C)c1. The molecular weight excluding hydrogens is 422 g/mol. The number of para-hydroxylation sites is 2. The van der Waals surface area contributed by atoms with Crippen LogP contribution in [0.1, 0.15) is 36.5 Å². The molecule has 1 aliphatic rings. The Kier molecular flexibility index (Phi) is 5.85. The third-order valence-electron chi connectivity index (χ3n) is 5.96. The number of rotatable bonds is 5. The lowest BCUT2D eigenvalue weighted by atomic mass is 10.2. The van der Waals surface area contributed by atoms with E-state index in [2.05, 4.69) is 4.98 Å². The fourth-order valence-electron chi connectivity index (χ4n) is 4.29. The van der Waals surface area contributed by atoms with Crippen molar-refractivity contribution in [2.75, 3.05) is 26.2 Å². The first-order valence-corrected chi connectivity index (χ1v) is 11.7. The molecule has 0 amide bonds. The number of hydrogen-bond donors (Lipinski definition) is 0. The fourth-order valence-corrected chi connectivity index (χ4v) is 5.91. The summed E-state index contributed by atoms with van der Waals surface area (Å²) in [4.78, 5) is 6.78. The molecule has 9 heteroatoms.